The molecule has 4 nitrogen and oxygen atoms in total. The molecule has 18 heavy (non-hydrogen) atoms. The minimum absolute atomic E-state index is 0.0125. The quantitative estimate of drug-likeness (QED) is 0.861. The fraction of sp³-hybridized carbons (Fsp3) is 0.429. The fourth-order valence-corrected chi connectivity index (χ4v) is 2.78. The number of fused-ring (bicyclic) bond motifs is 1. The van der Waals surface area contributed by atoms with Crippen molar-refractivity contribution in [3.8, 4) is 0 Å². The van der Waals surface area contributed by atoms with Gasteiger partial charge >= 0.3 is 0 Å². The molecule has 0 radical (unpaired) electrons. The Balaban J connectivity index is 2.06. The largest absolute Gasteiger partial charge is 0.464 e. The molecule has 1 aromatic heterocycles. The molecule has 4 heteroatoms. The van der Waals surface area contributed by atoms with Crippen LogP contribution in [0.1, 0.15) is 11.6 Å². The summed E-state index contributed by atoms with van der Waals surface area (Å²) in [5, 5.41) is 4.52. The van der Waals surface area contributed by atoms with E-state index in [1.54, 1.807) is 0 Å². The summed E-state index contributed by atoms with van der Waals surface area (Å²) < 4.78 is 11.0. The Kier molecular flexibility index (Phi) is 2.86. The molecule has 2 aromatic rings. The van der Waals surface area contributed by atoms with Crippen LogP contribution >= 0.6 is 0 Å². The molecule has 1 saturated heterocycles. The summed E-state index contributed by atoms with van der Waals surface area (Å²) in [6.45, 7) is 2.01. The van der Waals surface area contributed by atoms with Crippen LogP contribution < -0.4 is 11.1 Å². The van der Waals surface area contributed by atoms with Crippen LogP contribution in [0.15, 0.2) is 34.9 Å². The molecule has 1 aliphatic rings. The average Bonchev–Trinajstić information content (AvgIpc) is 2.77. The lowest BCUT2D eigenvalue weighted by molar-refractivity contribution is -0.126. The zero-order chi connectivity index (χ0) is 12.6. The number of nitrogens with two attached hydrogens (primary N) is 1. The van der Waals surface area contributed by atoms with Crippen molar-refractivity contribution in [3.63, 3.8) is 0 Å². The van der Waals surface area contributed by atoms with Crippen molar-refractivity contribution in [2.45, 2.75) is 6.04 Å². The lowest BCUT2D eigenvalue weighted by atomic mass is 9.75. The molecule has 0 amide bonds. The minimum atomic E-state index is -0.0125. The van der Waals surface area contributed by atoms with E-state index in [4.69, 9.17) is 14.9 Å². The Morgan fingerprint density at radius 2 is 2.17 bits per heavy atom. The minimum Gasteiger partial charge on any atom is -0.464 e. The van der Waals surface area contributed by atoms with Gasteiger partial charge < -0.3 is 20.2 Å². The zero-order valence-corrected chi connectivity index (χ0v) is 10.5. The van der Waals surface area contributed by atoms with Crippen molar-refractivity contribution in [2.24, 2.45) is 11.1 Å². The van der Waals surface area contributed by atoms with E-state index in [-0.39, 0.29) is 11.5 Å². The van der Waals surface area contributed by atoms with Gasteiger partial charge in [-0.15, -0.1) is 0 Å². The Morgan fingerprint density at radius 3 is 2.78 bits per heavy atom. The first kappa shape index (κ1) is 11.7. The van der Waals surface area contributed by atoms with E-state index in [1.165, 1.54) is 5.56 Å². The van der Waals surface area contributed by atoms with Crippen LogP contribution in [0.4, 0.5) is 0 Å². The number of furan rings is 1. The second-order valence-corrected chi connectivity index (χ2v) is 4.97. The van der Waals surface area contributed by atoms with E-state index in [2.05, 4.69) is 11.4 Å². The van der Waals surface area contributed by atoms with Gasteiger partial charge in [0.1, 0.15) is 5.58 Å². The predicted molar refractivity (Wildman–Crippen MR) is 70.3 cm³/mol. The number of rotatable bonds is 4. The topological polar surface area (TPSA) is 60.4 Å². The third-order valence-corrected chi connectivity index (χ3v) is 3.91. The molecule has 0 saturated carbocycles. The molecule has 1 aromatic carbocycles. The molecule has 3 rings (SSSR count). The van der Waals surface area contributed by atoms with Gasteiger partial charge in [0.05, 0.1) is 19.5 Å². The van der Waals surface area contributed by atoms with Gasteiger partial charge in [-0.25, -0.2) is 0 Å². The molecule has 0 aliphatic carbocycles. The highest BCUT2D eigenvalue weighted by molar-refractivity contribution is 5.81. The summed E-state index contributed by atoms with van der Waals surface area (Å²) in [6.07, 6.45) is 1.83. The molecular formula is C14H18N2O2. The smallest absolute Gasteiger partial charge is 0.134 e. The second-order valence-electron chi connectivity index (χ2n) is 4.97. The molecule has 1 fully saturated rings. The van der Waals surface area contributed by atoms with Gasteiger partial charge in [0.2, 0.25) is 0 Å². The lowest BCUT2D eigenvalue weighted by Crippen LogP contribution is -2.55. The molecule has 0 spiro atoms. The number of nitrogens with one attached hydrogen (secondary N) is 1. The molecule has 1 aliphatic heterocycles. The maximum absolute atomic E-state index is 5.94. The van der Waals surface area contributed by atoms with Gasteiger partial charge in [-0.05, 0) is 13.1 Å². The molecule has 2 heterocycles. The third-order valence-electron chi connectivity index (χ3n) is 3.91. The van der Waals surface area contributed by atoms with Crippen LogP contribution in [-0.2, 0) is 4.74 Å². The number of para-hydroxylation sites is 1. The van der Waals surface area contributed by atoms with Gasteiger partial charge in [0.15, 0.2) is 0 Å². The van der Waals surface area contributed by atoms with Crippen LogP contribution in [0, 0.1) is 5.41 Å². The first-order chi connectivity index (χ1) is 8.80. The summed E-state index contributed by atoms with van der Waals surface area (Å²) in [6, 6.07) is 8.25. The Morgan fingerprint density at radius 1 is 1.39 bits per heavy atom. The highest BCUT2D eigenvalue weighted by Crippen LogP contribution is 2.42. The molecule has 96 valence electrons. The maximum Gasteiger partial charge on any atom is 0.134 e. The summed E-state index contributed by atoms with van der Waals surface area (Å²) in [5.74, 6) is 0. The molecule has 1 unspecified atom stereocenters. The monoisotopic (exact) mass is 246 g/mol. The van der Waals surface area contributed by atoms with Gasteiger partial charge in [0, 0.05) is 29.0 Å². The van der Waals surface area contributed by atoms with Crippen molar-refractivity contribution in [1.29, 1.82) is 0 Å². The van der Waals surface area contributed by atoms with E-state index in [9.17, 15) is 0 Å². The first-order valence-corrected chi connectivity index (χ1v) is 6.22. The van der Waals surface area contributed by atoms with Crippen LogP contribution in [0.5, 0.6) is 0 Å². The SMILES string of the molecule is CNC(c1coc2ccccc12)C1(CN)COC1. The second kappa shape index (κ2) is 4.39. The predicted octanol–water partition coefficient (Wildman–Crippen LogP) is 1.67. The van der Waals surface area contributed by atoms with E-state index in [0.29, 0.717) is 19.8 Å². The van der Waals surface area contributed by atoms with Gasteiger partial charge in [0.25, 0.3) is 0 Å². The summed E-state index contributed by atoms with van der Waals surface area (Å²) in [7, 11) is 1.96. The van der Waals surface area contributed by atoms with Gasteiger partial charge in [-0.2, -0.15) is 0 Å². The van der Waals surface area contributed by atoms with Crippen molar-refractivity contribution >= 4 is 11.0 Å². The van der Waals surface area contributed by atoms with Crippen LogP contribution in [0.3, 0.4) is 0 Å². The van der Waals surface area contributed by atoms with Crippen molar-refractivity contribution in [2.75, 3.05) is 26.8 Å². The Labute approximate surface area is 106 Å². The normalized spacial score (nSPS) is 19.7. The van der Waals surface area contributed by atoms with Gasteiger partial charge in [-0.3, -0.25) is 0 Å². The van der Waals surface area contributed by atoms with Crippen molar-refractivity contribution in [1.82, 2.24) is 5.32 Å². The molecule has 1 atom stereocenters. The van der Waals surface area contributed by atoms with E-state index >= 15 is 0 Å². The standard InChI is InChI=1S/C14H18N2O2/c1-16-13(14(7-15)8-17-9-14)11-6-18-12-5-3-2-4-10(11)12/h2-6,13,16H,7-9,15H2,1H3. The van der Waals surface area contributed by atoms with Gasteiger partial charge in [-0.1, -0.05) is 18.2 Å². The Bertz CT molecular complexity index is 540. The summed E-state index contributed by atoms with van der Waals surface area (Å²) in [5.41, 5.74) is 8.02. The van der Waals surface area contributed by atoms with E-state index < -0.39 is 0 Å². The number of hydrogen-bond donors (Lipinski definition) is 2. The first-order valence-electron chi connectivity index (χ1n) is 6.22. The van der Waals surface area contributed by atoms with E-state index in [1.807, 2.05) is 31.5 Å². The molecule has 3 N–H and O–H groups in total. The molecular weight excluding hydrogens is 228 g/mol. The number of hydrogen-bond acceptors (Lipinski definition) is 4. The maximum atomic E-state index is 5.94. The zero-order valence-electron chi connectivity index (χ0n) is 10.5. The fourth-order valence-electron chi connectivity index (χ4n) is 2.78. The highest BCUT2D eigenvalue weighted by Gasteiger charge is 2.45. The van der Waals surface area contributed by atoms with Crippen molar-refractivity contribution in [3.05, 3.63) is 36.1 Å². The van der Waals surface area contributed by atoms with Crippen LogP contribution in [-0.4, -0.2) is 26.8 Å². The van der Waals surface area contributed by atoms with Crippen LogP contribution in [0.25, 0.3) is 11.0 Å². The van der Waals surface area contributed by atoms with Crippen LogP contribution in [0.2, 0.25) is 0 Å². The van der Waals surface area contributed by atoms with Crippen molar-refractivity contribution < 1.29 is 9.15 Å². The highest BCUT2D eigenvalue weighted by atomic mass is 16.5. The Hall–Kier alpha value is -1.36. The third kappa shape index (κ3) is 1.57. The number of ether oxygens (including phenoxy) is 1. The average molecular weight is 246 g/mol. The number of benzene rings is 1. The lowest BCUT2D eigenvalue weighted by Gasteiger charge is -2.46. The molecule has 0 bridgehead atoms. The summed E-state index contributed by atoms with van der Waals surface area (Å²) >= 11 is 0. The van der Waals surface area contributed by atoms with E-state index in [0.717, 1.165) is 11.0 Å². The summed E-state index contributed by atoms with van der Waals surface area (Å²) in [4.78, 5) is 0.